The molecule has 0 amide bonds. The van der Waals surface area contributed by atoms with Crippen LogP contribution in [-0.2, 0) is 23.8 Å². The van der Waals surface area contributed by atoms with Crippen molar-refractivity contribution >= 4 is 11.9 Å². The fourth-order valence-corrected chi connectivity index (χ4v) is 4.00. The highest BCUT2D eigenvalue weighted by atomic mass is 16.6. The third-order valence-corrected chi connectivity index (χ3v) is 5.54. The molecule has 0 spiro atoms. The van der Waals surface area contributed by atoms with E-state index in [1.807, 2.05) is 27.7 Å². The summed E-state index contributed by atoms with van der Waals surface area (Å²) >= 11 is 0. The first kappa shape index (κ1) is 25.0. The monoisotopic (exact) mass is 427 g/mol. The van der Waals surface area contributed by atoms with Crippen LogP contribution in [0.1, 0.15) is 40.5 Å². The number of piperazine rings is 1. The second kappa shape index (κ2) is 12.6. The van der Waals surface area contributed by atoms with Gasteiger partial charge in [0.2, 0.25) is 0 Å². The van der Waals surface area contributed by atoms with Crippen molar-refractivity contribution in [3.05, 3.63) is 0 Å². The summed E-state index contributed by atoms with van der Waals surface area (Å²) in [5, 5.41) is 0. The van der Waals surface area contributed by atoms with Gasteiger partial charge in [-0.25, -0.2) is 4.79 Å². The maximum absolute atomic E-state index is 11.7. The molecule has 30 heavy (non-hydrogen) atoms. The van der Waals surface area contributed by atoms with Gasteiger partial charge in [0.15, 0.2) is 0 Å². The van der Waals surface area contributed by atoms with Crippen LogP contribution in [0.2, 0.25) is 0 Å². The highest BCUT2D eigenvalue weighted by Crippen LogP contribution is 2.19. The minimum atomic E-state index is -0.464. The Morgan fingerprint density at radius 1 is 0.900 bits per heavy atom. The van der Waals surface area contributed by atoms with Crippen molar-refractivity contribution in [1.82, 2.24) is 14.7 Å². The van der Waals surface area contributed by atoms with Crippen LogP contribution in [0, 0.1) is 5.92 Å². The van der Waals surface area contributed by atoms with Gasteiger partial charge in [-0.2, -0.15) is 0 Å². The van der Waals surface area contributed by atoms with Gasteiger partial charge >= 0.3 is 11.9 Å². The third kappa shape index (κ3) is 10.2. The van der Waals surface area contributed by atoms with E-state index < -0.39 is 5.60 Å². The summed E-state index contributed by atoms with van der Waals surface area (Å²) in [6, 6.07) is 0. The number of nitrogens with zero attached hydrogens (tertiary/aromatic N) is 3. The summed E-state index contributed by atoms with van der Waals surface area (Å²) in [7, 11) is 0. The van der Waals surface area contributed by atoms with Crippen LogP contribution in [0.5, 0.6) is 0 Å². The molecule has 0 unspecified atom stereocenters. The van der Waals surface area contributed by atoms with Crippen LogP contribution in [-0.4, -0.2) is 111 Å². The van der Waals surface area contributed by atoms with Crippen LogP contribution in [0.25, 0.3) is 0 Å². The maximum atomic E-state index is 11.7. The molecule has 0 aromatic carbocycles. The van der Waals surface area contributed by atoms with Gasteiger partial charge in [0.25, 0.3) is 0 Å². The second-order valence-corrected chi connectivity index (χ2v) is 9.31. The Morgan fingerprint density at radius 3 is 2.13 bits per heavy atom. The third-order valence-electron chi connectivity index (χ3n) is 5.54. The van der Waals surface area contributed by atoms with Gasteiger partial charge in [-0.05, 0) is 59.5 Å². The Bertz CT molecular complexity index is 521. The summed E-state index contributed by atoms with van der Waals surface area (Å²) in [5.74, 6) is 0.301. The van der Waals surface area contributed by atoms with Gasteiger partial charge < -0.3 is 19.1 Å². The molecule has 8 nitrogen and oxygen atoms in total. The van der Waals surface area contributed by atoms with E-state index >= 15 is 0 Å². The largest absolute Gasteiger partial charge is 0.465 e. The molecule has 2 heterocycles. The Morgan fingerprint density at radius 2 is 1.53 bits per heavy atom. The van der Waals surface area contributed by atoms with Crippen molar-refractivity contribution in [3.8, 4) is 0 Å². The van der Waals surface area contributed by atoms with Crippen LogP contribution >= 0.6 is 0 Å². The zero-order valence-electron chi connectivity index (χ0n) is 19.4. The van der Waals surface area contributed by atoms with E-state index in [1.165, 1.54) is 0 Å². The van der Waals surface area contributed by atoms with Crippen molar-refractivity contribution in [3.63, 3.8) is 0 Å². The molecule has 0 bridgehead atoms. The predicted octanol–water partition coefficient (Wildman–Crippen LogP) is 1.24. The number of hydrogen-bond donors (Lipinski definition) is 0. The molecule has 0 saturated carbocycles. The zero-order valence-corrected chi connectivity index (χ0v) is 19.4. The normalized spacial score (nSPS) is 20.3. The molecule has 0 N–H and O–H groups in total. The summed E-state index contributed by atoms with van der Waals surface area (Å²) in [6.45, 7) is 17.1. The van der Waals surface area contributed by atoms with Crippen LogP contribution < -0.4 is 0 Å². The van der Waals surface area contributed by atoms with E-state index in [0.29, 0.717) is 25.7 Å². The SMILES string of the molecule is CCOC(=O)CN1CCC(CN2CCN(CCOCC(=O)OC(C)(C)C)CC2)CC1. The topological polar surface area (TPSA) is 71.5 Å². The van der Waals surface area contributed by atoms with Gasteiger partial charge in [-0.15, -0.1) is 0 Å². The molecule has 174 valence electrons. The van der Waals surface area contributed by atoms with Crippen molar-refractivity contribution < 1.29 is 23.8 Å². The van der Waals surface area contributed by atoms with E-state index in [9.17, 15) is 9.59 Å². The summed E-state index contributed by atoms with van der Waals surface area (Å²) in [4.78, 5) is 30.4. The molecular formula is C22H41N3O5. The molecule has 0 radical (unpaired) electrons. The fourth-order valence-electron chi connectivity index (χ4n) is 4.00. The molecule has 2 saturated heterocycles. The first-order chi connectivity index (χ1) is 14.2. The number of piperidine rings is 1. The molecule has 0 aromatic rings. The lowest BCUT2D eigenvalue weighted by Crippen LogP contribution is -2.49. The van der Waals surface area contributed by atoms with Crippen LogP contribution in [0.4, 0.5) is 0 Å². The number of rotatable bonds is 10. The van der Waals surface area contributed by atoms with E-state index in [4.69, 9.17) is 14.2 Å². The van der Waals surface area contributed by atoms with Gasteiger partial charge in [0.05, 0.1) is 19.8 Å². The van der Waals surface area contributed by atoms with Crippen molar-refractivity contribution in [2.75, 3.05) is 78.7 Å². The van der Waals surface area contributed by atoms with Gasteiger partial charge in [-0.1, -0.05) is 0 Å². The second-order valence-electron chi connectivity index (χ2n) is 9.31. The molecule has 0 aromatic heterocycles. The fraction of sp³-hybridized carbons (Fsp3) is 0.909. The molecule has 0 atom stereocenters. The molecule has 2 aliphatic heterocycles. The average Bonchev–Trinajstić information content (AvgIpc) is 2.67. The molecule has 2 aliphatic rings. The lowest BCUT2D eigenvalue weighted by Gasteiger charge is -2.38. The zero-order chi connectivity index (χ0) is 22.0. The average molecular weight is 428 g/mol. The number of carbonyl (C=O) groups excluding carboxylic acids is 2. The number of carbonyl (C=O) groups is 2. The minimum Gasteiger partial charge on any atom is -0.465 e. The van der Waals surface area contributed by atoms with E-state index in [1.54, 1.807) is 0 Å². The van der Waals surface area contributed by atoms with Crippen LogP contribution in [0.3, 0.4) is 0 Å². The molecule has 0 aliphatic carbocycles. The Labute approximate surface area is 181 Å². The standard InChI is InChI=1S/C22H41N3O5/c1-5-29-20(26)17-24-8-6-19(7-9-24)16-25-12-10-23(11-13-25)14-15-28-18-21(27)30-22(2,3)4/h19H,5-18H2,1-4H3. The Hall–Kier alpha value is -1.22. The lowest BCUT2D eigenvalue weighted by molar-refractivity contribution is -0.160. The molecule has 2 rings (SSSR count). The first-order valence-electron chi connectivity index (χ1n) is 11.4. The summed E-state index contributed by atoms with van der Waals surface area (Å²) in [6.07, 6.45) is 2.30. The number of ether oxygens (including phenoxy) is 3. The van der Waals surface area contributed by atoms with E-state index in [0.717, 1.165) is 65.2 Å². The smallest absolute Gasteiger partial charge is 0.332 e. The quantitative estimate of drug-likeness (QED) is 0.381. The van der Waals surface area contributed by atoms with Crippen LogP contribution in [0.15, 0.2) is 0 Å². The number of esters is 2. The minimum absolute atomic E-state index is 0.0199. The molecular weight excluding hydrogens is 386 g/mol. The summed E-state index contributed by atoms with van der Waals surface area (Å²) < 4.78 is 15.8. The lowest BCUT2D eigenvalue weighted by atomic mass is 9.96. The van der Waals surface area contributed by atoms with Crippen molar-refractivity contribution in [2.45, 2.75) is 46.1 Å². The maximum Gasteiger partial charge on any atom is 0.332 e. The van der Waals surface area contributed by atoms with Crippen molar-refractivity contribution in [1.29, 1.82) is 0 Å². The summed E-state index contributed by atoms with van der Waals surface area (Å²) in [5.41, 5.74) is -0.464. The highest BCUT2D eigenvalue weighted by molar-refractivity contribution is 5.71. The molecule has 2 fully saturated rings. The number of likely N-dealkylation sites (tertiary alicyclic amines) is 1. The Balaban J connectivity index is 1.52. The van der Waals surface area contributed by atoms with Gasteiger partial charge in [0, 0.05) is 39.3 Å². The van der Waals surface area contributed by atoms with E-state index in [2.05, 4.69) is 14.7 Å². The van der Waals surface area contributed by atoms with Gasteiger partial charge in [-0.3, -0.25) is 14.6 Å². The first-order valence-corrected chi connectivity index (χ1v) is 11.4. The predicted molar refractivity (Wildman–Crippen MR) is 115 cm³/mol. The van der Waals surface area contributed by atoms with Crippen molar-refractivity contribution in [2.24, 2.45) is 5.92 Å². The highest BCUT2D eigenvalue weighted by Gasteiger charge is 2.25. The van der Waals surface area contributed by atoms with E-state index in [-0.39, 0.29) is 18.5 Å². The molecule has 8 heteroatoms. The number of hydrogen-bond acceptors (Lipinski definition) is 8. The van der Waals surface area contributed by atoms with Gasteiger partial charge in [0.1, 0.15) is 12.2 Å². The Kier molecular flexibility index (Phi) is 10.5.